The van der Waals surface area contributed by atoms with Crippen LogP contribution in [0.3, 0.4) is 0 Å². The van der Waals surface area contributed by atoms with Crippen molar-refractivity contribution in [1.29, 1.82) is 0 Å². The first kappa shape index (κ1) is 10.7. The molecule has 1 unspecified atom stereocenters. The summed E-state index contributed by atoms with van der Waals surface area (Å²) in [5.41, 5.74) is 8.39. The van der Waals surface area contributed by atoms with Crippen molar-refractivity contribution < 1.29 is 0 Å². The quantitative estimate of drug-likeness (QED) is 0.821. The van der Waals surface area contributed by atoms with Gasteiger partial charge in [-0.15, -0.1) is 0 Å². The monoisotopic (exact) mass is 207 g/mol. The van der Waals surface area contributed by atoms with E-state index in [1.807, 2.05) is 6.92 Å². The Morgan fingerprint density at radius 1 is 1.60 bits per heavy atom. The molecule has 0 radical (unpaired) electrons. The molecule has 1 fully saturated rings. The lowest BCUT2D eigenvalue weighted by Gasteiger charge is -2.25. The lowest BCUT2D eigenvalue weighted by atomic mass is 9.82. The highest BCUT2D eigenvalue weighted by Gasteiger charge is 2.23. The van der Waals surface area contributed by atoms with Crippen LogP contribution in [0.1, 0.15) is 50.4 Å². The van der Waals surface area contributed by atoms with Crippen molar-refractivity contribution in [3.05, 3.63) is 17.5 Å². The van der Waals surface area contributed by atoms with Gasteiger partial charge in [0, 0.05) is 30.6 Å². The second-order valence-corrected chi connectivity index (χ2v) is 4.69. The largest absolute Gasteiger partial charge is 0.328 e. The molecule has 0 aromatic carbocycles. The third kappa shape index (κ3) is 2.23. The molecule has 0 bridgehead atoms. The maximum atomic E-state index is 5.80. The van der Waals surface area contributed by atoms with E-state index >= 15 is 0 Å². The Bertz CT molecular complexity index is 324. The van der Waals surface area contributed by atoms with E-state index in [4.69, 9.17) is 5.73 Å². The average Bonchev–Trinajstić information content (AvgIpc) is 2.43. The van der Waals surface area contributed by atoms with Crippen molar-refractivity contribution in [1.82, 2.24) is 9.78 Å². The van der Waals surface area contributed by atoms with E-state index in [1.165, 1.54) is 25.0 Å². The van der Waals surface area contributed by atoms with E-state index in [2.05, 4.69) is 22.8 Å². The highest BCUT2D eigenvalue weighted by atomic mass is 15.3. The van der Waals surface area contributed by atoms with E-state index in [9.17, 15) is 0 Å². The lowest BCUT2D eigenvalue weighted by molar-refractivity contribution is 0.390. The van der Waals surface area contributed by atoms with E-state index in [-0.39, 0.29) is 6.04 Å². The fourth-order valence-corrected chi connectivity index (χ4v) is 2.20. The molecular formula is C12H21N3. The standard InChI is InChI=1S/C12H21N3/c1-3-15-12(10-5-4-6-10)8-11(14-15)7-9(2)13/h8-10H,3-7,13H2,1-2H3. The molecule has 1 heterocycles. The molecule has 1 aromatic heterocycles. The van der Waals surface area contributed by atoms with Crippen molar-refractivity contribution in [2.24, 2.45) is 5.73 Å². The van der Waals surface area contributed by atoms with Gasteiger partial charge in [0.1, 0.15) is 0 Å². The van der Waals surface area contributed by atoms with Gasteiger partial charge in [-0.1, -0.05) is 6.42 Å². The summed E-state index contributed by atoms with van der Waals surface area (Å²) in [6, 6.07) is 2.47. The number of nitrogens with two attached hydrogens (primary N) is 1. The van der Waals surface area contributed by atoms with E-state index in [1.54, 1.807) is 0 Å². The number of hydrogen-bond acceptors (Lipinski definition) is 2. The highest BCUT2D eigenvalue weighted by molar-refractivity contribution is 5.17. The van der Waals surface area contributed by atoms with Crippen LogP contribution in [-0.4, -0.2) is 15.8 Å². The average molecular weight is 207 g/mol. The zero-order valence-electron chi connectivity index (χ0n) is 9.74. The molecule has 3 nitrogen and oxygen atoms in total. The van der Waals surface area contributed by atoms with Gasteiger partial charge in [0.05, 0.1) is 5.69 Å². The van der Waals surface area contributed by atoms with Crippen LogP contribution < -0.4 is 5.73 Å². The number of nitrogens with zero attached hydrogens (tertiary/aromatic N) is 2. The molecule has 0 spiro atoms. The summed E-state index contributed by atoms with van der Waals surface area (Å²) >= 11 is 0. The molecule has 3 heteroatoms. The molecule has 15 heavy (non-hydrogen) atoms. The first-order chi connectivity index (χ1) is 7.20. The maximum Gasteiger partial charge on any atom is 0.0642 e. The summed E-state index contributed by atoms with van der Waals surface area (Å²) < 4.78 is 2.15. The summed E-state index contributed by atoms with van der Waals surface area (Å²) in [5.74, 6) is 0.763. The fraction of sp³-hybridized carbons (Fsp3) is 0.750. The number of aromatic nitrogens is 2. The van der Waals surface area contributed by atoms with Gasteiger partial charge < -0.3 is 5.73 Å². The molecule has 2 N–H and O–H groups in total. The summed E-state index contributed by atoms with van der Waals surface area (Å²) in [4.78, 5) is 0. The highest BCUT2D eigenvalue weighted by Crippen LogP contribution is 2.36. The van der Waals surface area contributed by atoms with Crippen molar-refractivity contribution in [3.63, 3.8) is 0 Å². The Hall–Kier alpha value is -0.830. The molecule has 1 saturated carbocycles. The summed E-state index contributed by atoms with van der Waals surface area (Å²) in [6.07, 6.45) is 4.95. The van der Waals surface area contributed by atoms with E-state index in [0.29, 0.717) is 0 Å². The van der Waals surface area contributed by atoms with Crippen LogP contribution in [-0.2, 0) is 13.0 Å². The zero-order chi connectivity index (χ0) is 10.8. The van der Waals surface area contributed by atoms with E-state index < -0.39 is 0 Å². The molecule has 1 atom stereocenters. The topological polar surface area (TPSA) is 43.8 Å². The molecule has 1 aromatic rings. The van der Waals surface area contributed by atoms with Crippen molar-refractivity contribution in [2.45, 2.75) is 58.0 Å². The SMILES string of the molecule is CCn1nc(CC(C)N)cc1C1CCC1. The van der Waals surface area contributed by atoms with Crippen LogP contribution in [0.2, 0.25) is 0 Å². The summed E-state index contributed by atoms with van der Waals surface area (Å²) in [6.45, 7) is 5.17. The minimum atomic E-state index is 0.208. The van der Waals surface area contributed by atoms with Gasteiger partial charge in [-0.2, -0.15) is 5.10 Å². The van der Waals surface area contributed by atoms with Crippen molar-refractivity contribution >= 4 is 0 Å². The van der Waals surface area contributed by atoms with Gasteiger partial charge in [0.25, 0.3) is 0 Å². The summed E-state index contributed by atoms with van der Waals surface area (Å²) in [7, 11) is 0. The van der Waals surface area contributed by atoms with Gasteiger partial charge >= 0.3 is 0 Å². The fourth-order valence-electron chi connectivity index (χ4n) is 2.20. The first-order valence-electron chi connectivity index (χ1n) is 6.03. The number of aryl methyl sites for hydroxylation is 1. The van der Waals surface area contributed by atoms with Gasteiger partial charge in [-0.05, 0) is 32.8 Å². The van der Waals surface area contributed by atoms with Crippen LogP contribution >= 0.6 is 0 Å². The van der Waals surface area contributed by atoms with Gasteiger partial charge in [0.15, 0.2) is 0 Å². The smallest absolute Gasteiger partial charge is 0.0642 e. The van der Waals surface area contributed by atoms with Crippen molar-refractivity contribution in [3.8, 4) is 0 Å². The Balaban J connectivity index is 2.16. The summed E-state index contributed by atoms with van der Waals surface area (Å²) in [5, 5.41) is 4.61. The van der Waals surface area contributed by atoms with Crippen LogP contribution in [0.5, 0.6) is 0 Å². The molecule has 1 aliphatic carbocycles. The van der Waals surface area contributed by atoms with E-state index in [0.717, 1.165) is 24.6 Å². The predicted octanol–water partition coefficient (Wildman–Crippen LogP) is 2.06. The normalized spacial score (nSPS) is 18.9. The molecule has 84 valence electrons. The molecule has 1 aliphatic rings. The lowest BCUT2D eigenvalue weighted by Crippen LogP contribution is -2.18. The second-order valence-electron chi connectivity index (χ2n) is 4.69. The van der Waals surface area contributed by atoms with Gasteiger partial charge in [0.2, 0.25) is 0 Å². The maximum absolute atomic E-state index is 5.80. The van der Waals surface area contributed by atoms with Crippen LogP contribution in [0.4, 0.5) is 0 Å². The number of rotatable bonds is 4. The Morgan fingerprint density at radius 3 is 2.80 bits per heavy atom. The van der Waals surface area contributed by atoms with Crippen molar-refractivity contribution in [2.75, 3.05) is 0 Å². The second kappa shape index (κ2) is 4.35. The first-order valence-corrected chi connectivity index (χ1v) is 6.03. The Morgan fingerprint density at radius 2 is 2.33 bits per heavy atom. The number of hydrogen-bond donors (Lipinski definition) is 1. The Kier molecular flexibility index (Phi) is 3.10. The minimum Gasteiger partial charge on any atom is -0.328 e. The van der Waals surface area contributed by atoms with Crippen LogP contribution in [0.15, 0.2) is 6.07 Å². The van der Waals surface area contributed by atoms with Gasteiger partial charge in [-0.25, -0.2) is 0 Å². The molecule has 0 amide bonds. The molecular weight excluding hydrogens is 186 g/mol. The van der Waals surface area contributed by atoms with Crippen LogP contribution in [0, 0.1) is 0 Å². The molecule has 2 rings (SSSR count). The van der Waals surface area contributed by atoms with Crippen LogP contribution in [0.25, 0.3) is 0 Å². The van der Waals surface area contributed by atoms with Gasteiger partial charge in [-0.3, -0.25) is 4.68 Å². The third-order valence-electron chi connectivity index (χ3n) is 3.22. The predicted molar refractivity (Wildman–Crippen MR) is 61.8 cm³/mol. The minimum absolute atomic E-state index is 0.208. The third-order valence-corrected chi connectivity index (χ3v) is 3.22. The molecule has 0 saturated heterocycles. The Labute approximate surface area is 91.7 Å². The molecule has 0 aliphatic heterocycles. The zero-order valence-corrected chi connectivity index (χ0v) is 9.74.